The van der Waals surface area contributed by atoms with Crippen LogP contribution in [-0.2, 0) is 9.59 Å². The van der Waals surface area contributed by atoms with Crippen molar-refractivity contribution in [3.63, 3.8) is 0 Å². The molecule has 9 nitrogen and oxygen atoms in total. The molecule has 6 N–H and O–H groups in total. The Balaban J connectivity index is 1.73. The van der Waals surface area contributed by atoms with E-state index in [9.17, 15) is 19.8 Å². The third-order valence-electron chi connectivity index (χ3n) is 7.79. The molecule has 0 radical (unpaired) electrons. The second kappa shape index (κ2) is 15.7. The van der Waals surface area contributed by atoms with Crippen LogP contribution in [0.4, 0.5) is 0 Å². The maximum absolute atomic E-state index is 11.4. The van der Waals surface area contributed by atoms with Gasteiger partial charge >= 0.3 is 5.97 Å². The topological polar surface area (TPSA) is 136 Å². The van der Waals surface area contributed by atoms with E-state index in [4.69, 9.17) is 5.11 Å². The van der Waals surface area contributed by atoms with Crippen molar-refractivity contribution in [3.05, 3.63) is 0 Å². The quantitative estimate of drug-likeness (QED) is 0.120. The molecule has 2 aliphatic heterocycles. The minimum atomic E-state index is -1.19. The van der Waals surface area contributed by atoms with Gasteiger partial charge in [0.25, 0.3) is 0 Å². The zero-order valence-electron chi connectivity index (χ0n) is 21.8. The van der Waals surface area contributed by atoms with Crippen molar-refractivity contribution < 1.29 is 29.8 Å². The van der Waals surface area contributed by atoms with E-state index in [1.165, 1.54) is 4.90 Å². The maximum Gasteiger partial charge on any atom is 0.306 e. The predicted octanol–water partition coefficient (Wildman–Crippen LogP) is 0.534. The molecule has 0 bridgehead atoms. The molecule has 7 unspecified atom stereocenters. The fraction of sp³-hybridized carbons (Fsp3) is 0.885. The second-order valence-corrected chi connectivity index (χ2v) is 10.7. The summed E-state index contributed by atoms with van der Waals surface area (Å²) in [5.74, 6) is -0.636. The Morgan fingerprint density at radius 1 is 1.31 bits per heavy atom. The number of carboxylic acids is 1. The molecule has 2 rings (SSSR count). The first-order chi connectivity index (χ1) is 16.8. The zero-order chi connectivity index (χ0) is 25.7. The SMILES string of the molecule is CCNCC(O)(CCCCCCCC(CC=O)CC1NC(C)C(O)CC1[NH+]1CC=NC1)CC(=O)O. The molecule has 202 valence electrons. The average Bonchev–Trinajstić information content (AvgIpc) is 3.33. The van der Waals surface area contributed by atoms with E-state index in [1.54, 1.807) is 0 Å². The Morgan fingerprint density at radius 2 is 2.06 bits per heavy atom. The summed E-state index contributed by atoms with van der Waals surface area (Å²) in [5.41, 5.74) is -1.19. The van der Waals surface area contributed by atoms with Crippen LogP contribution in [0.25, 0.3) is 0 Å². The van der Waals surface area contributed by atoms with Gasteiger partial charge in [0.2, 0.25) is 0 Å². The van der Waals surface area contributed by atoms with Crippen molar-refractivity contribution in [1.29, 1.82) is 0 Å². The van der Waals surface area contributed by atoms with Crippen LogP contribution in [0.15, 0.2) is 4.99 Å². The lowest BCUT2D eigenvalue weighted by Gasteiger charge is -2.42. The first-order valence-electron chi connectivity index (χ1n) is 13.6. The van der Waals surface area contributed by atoms with E-state index in [0.29, 0.717) is 37.9 Å². The number of aliphatic imine (C=N–C) groups is 1. The molecule has 9 heteroatoms. The van der Waals surface area contributed by atoms with E-state index >= 15 is 0 Å². The minimum absolute atomic E-state index is 0.0587. The van der Waals surface area contributed by atoms with Gasteiger partial charge in [-0.25, -0.2) is 4.99 Å². The van der Waals surface area contributed by atoms with E-state index in [0.717, 1.165) is 70.9 Å². The molecule has 0 amide bonds. The number of carboxylic acid groups (broad SMARTS) is 1. The summed E-state index contributed by atoms with van der Waals surface area (Å²) in [7, 11) is 0. The summed E-state index contributed by atoms with van der Waals surface area (Å²) in [4.78, 5) is 28.3. The highest BCUT2D eigenvalue weighted by Gasteiger charge is 2.41. The molecule has 1 fully saturated rings. The molecule has 2 heterocycles. The number of aliphatic hydroxyl groups excluding tert-OH is 1. The smallest absolute Gasteiger partial charge is 0.306 e. The summed E-state index contributed by atoms with van der Waals surface area (Å²) in [6.07, 6.45) is 11.2. The highest BCUT2D eigenvalue weighted by atomic mass is 16.4. The van der Waals surface area contributed by atoms with Crippen molar-refractivity contribution in [2.45, 2.75) is 114 Å². The number of aldehydes is 1. The summed E-state index contributed by atoms with van der Waals surface area (Å²) in [6.45, 7) is 6.65. The van der Waals surface area contributed by atoms with Crippen LogP contribution in [-0.4, -0.2) is 89.9 Å². The van der Waals surface area contributed by atoms with Gasteiger partial charge in [-0.2, -0.15) is 0 Å². The second-order valence-electron chi connectivity index (χ2n) is 10.7. The highest BCUT2D eigenvalue weighted by Crippen LogP contribution is 2.25. The molecule has 35 heavy (non-hydrogen) atoms. The lowest BCUT2D eigenvalue weighted by atomic mass is 9.83. The molecule has 0 aromatic rings. The number of carbonyl (C=O) groups is 2. The molecule has 0 spiro atoms. The summed E-state index contributed by atoms with van der Waals surface area (Å²) >= 11 is 0. The Bertz CT molecular complexity index is 656. The number of likely N-dealkylation sites (N-methyl/N-ethyl adjacent to an activating group) is 1. The number of aliphatic hydroxyl groups is 2. The van der Waals surface area contributed by atoms with Crippen molar-refractivity contribution in [2.75, 3.05) is 26.3 Å². The maximum atomic E-state index is 11.4. The van der Waals surface area contributed by atoms with Gasteiger partial charge < -0.3 is 35.6 Å². The number of nitrogens with one attached hydrogen (secondary N) is 3. The fourth-order valence-electron chi connectivity index (χ4n) is 5.70. The van der Waals surface area contributed by atoms with Gasteiger partial charge in [-0.05, 0) is 38.6 Å². The zero-order valence-corrected chi connectivity index (χ0v) is 21.8. The number of unbranched alkanes of at least 4 members (excludes halogenated alkanes) is 4. The number of aliphatic carboxylic acids is 1. The Labute approximate surface area is 210 Å². The van der Waals surface area contributed by atoms with Crippen LogP contribution in [0.2, 0.25) is 0 Å². The number of nitrogens with zero attached hydrogens (tertiary/aromatic N) is 1. The molecule has 0 aromatic heterocycles. The van der Waals surface area contributed by atoms with Gasteiger partial charge in [0, 0.05) is 25.4 Å². The Morgan fingerprint density at radius 3 is 2.71 bits per heavy atom. The van der Waals surface area contributed by atoms with Crippen LogP contribution >= 0.6 is 0 Å². The first kappa shape index (κ1) is 29.8. The number of carbonyl (C=O) groups excluding carboxylic acids is 1. The van der Waals surface area contributed by atoms with Gasteiger partial charge in [0.15, 0.2) is 6.67 Å². The van der Waals surface area contributed by atoms with Crippen molar-refractivity contribution in [3.8, 4) is 0 Å². The summed E-state index contributed by atoms with van der Waals surface area (Å²) in [5, 5.41) is 36.9. The lowest BCUT2D eigenvalue weighted by Crippen LogP contribution is -3.16. The normalized spacial score (nSPS) is 29.1. The summed E-state index contributed by atoms with van der Waals surface area (Å²) < 4.78 is 0. The van der Waals surface area contributed by atoms with Crippen LogP contribution < -0.4 is 15.5 Å². The molecule has 0 saturated carbocycles. The first-order valence-corrected chi connectivity index (χ1v) is 13.6. The van der Waals surface area contributed by atoms with Crippen molar-refractivity contribution >= 4 is 18.5 Å². The standard InChI is InChI=1S/C26H48N4O5/c1-3-27-18-26(35,17-25(33)34)11-8-6-4-5-7-9-21(10-14-31)15-22-23(30-13-12-28-19-30)16-24(32)20(2)29-22/h12,14,20-24,27,29,32,35H,3-11,13,15-19H2,1-2H3,(H,33,34)/p+1. The van der Waals surface area contributed by atoms with Crippen LogP contribution in [0.1, 0.15) is 84.5 Å². The number of hydrogen-bond donors (Lipinski definition) is 6. The predicted molar refractivity (Wildman–Crippen MR) is 137 cm³/mol. The number of quaternary nitrogens is 1. The number of rotatable bonds is 18. The monoisotopic (exact) mass is 497 g/mol. The summed E-state index contributed by atoms with van der Waals surface area (Å²) in [6, 6.07) is 0.645. The lowest BCUT2D eigenvalue weighted by molar-refractivity contribution is -0.914. The number of piperidine rings is 1. The van der Waals surface area contributed by atoms with Gasteiger partial charge in [0.1, 0.15) is 18.9 Å². The Hall–Kier alpha value is -1.39. The van der Waals surface area contributed by atoms with E-state index in [1.807, 2.05) is 20.1 Å². The van der Waals surface area contributed by atoms with E-state index < -0.39 is 11.6 Å². The molecule has 7 atom stereocenters. The van der Waals surface area contributed by atoms with Crippen LogP contribution in [0.3, 0.4) is 0 Å². The molecule has 0 aromatic carbocycles. The molecular formula is C26H49N4O5+. The van der Waals surface area contributed by atoms with Gasteiger partial charge in [0.05, 0.1) is 30.4 Å². The van der Waals surface area contributed by atoms with E-state index in [-0.39, 0.29) is 24.6 Å². The van der Waals surface area contributed by atoms with Crippen molar-refractivity contribution in [2.24, 2.45) is 10.9 Å². The van der Waals surface area contributed by atoms with Crippen LogP contribution in [0.5, 0.6) is 0 Å². The molecule has 2 aliphatic rings. The third-order valence-corrected chi connectivity index (χ3v) is 7.79. The van der Waals surface area contributed by atoms with Gasteiger partial charge in [-0.1, -0.05) is 39.0 Å². The molecule has 1 saturated heterocycles. The third kappa shape index (κ3) is 10.6. The number of hydrogen-bond acceptors (Lipinski definition) is 7. The highest BCUT2D eigenvalue weighted by molar-refractivity contribution is 5.68. The van der Waals surface area contributed by atoms with E-state index in [2.05, 4.69) is 15.6 Å². The largest absolute Gasteiger partial charge is 0.481 e. The molecular weight excluding hydrogens is 448 g/mol. The van der Waals surface area contributed by atoms with Crippen LogP contribution in [0, 0.1) is 5.92 Å². The average molecular weight is 498 g/mol. The van der Waals surface area contributed by atoms with Crippen molar-refractivity contribution in [1.82, 2.24) is 10.6 Å². The molecule has 0 aliphatic carbocycles. The minimum Gasteiger partial charge on any atom is -0.481 e. The van der Waals surface area contributed by atoms with Gasteiger partial charge in [-0.15, -0.1) is 0 Å². The Kier molecular flexibility index (Phi) is 13.4. The fourth-order valence-corrected chi connectivity index (χ4v) is 5.70. The van der Waals surface area contributed by atoms with Gasteiger partial charge in [-0.3, -0.25) is 4.79 Å².